The van der Waals surface area contributed by atoms with Gasteiger partial charge in [-0.2, -0.15) is 0 Å². The molecule has 0 saturated carbocycles. The standard InChI is InChI=1S/C15H23N2O2/c1-12(2)14(18)15(3,4)19-17(11-16-5)13-9-7-6-8-10-13/h7-10,12,16H,11H2,1-5H3. The van der Waals surface area contributed by atoms with Crippen LogP contribution in [0.5, 0.6) is 0 Å². The van der Waals surface area contributed by atoms with Gasteiger partial charge in [-0.1, -0.05) is 26.0 Å². The number of hydrogen-bond acceptors (Lipinski definition) is 4. The van der Waals surface area contributed by atoms with Crippen molar-refractivity contribution in [3.8, 4) is 0 Å². The van der Waals surface area contributed by atoms with Gasteiger partial charge in [-0.15, -0.1) is 0 Å². The Morgan fingerprint density at radius 1 is 1.42 bits per heavy atom. The van der Waals surface area contributed by atoms with Gasteiger partial charge in [0.15, 0.2) is 5.78 Å². The molecule has 0 heterocycles. The average Bonchev–Trinajstić information content (AvgIpc) is 2.38. The zero-order chi connectivity index (χ0) is 14.5. The number of rotatable bonds is 7. The molecule has 0 unspecified atom stereocenters. The van der Waals surface area contributed by atoms with Crippen LogP contribution in [0.3, 0.4) is 0 Å². The summed E-state index contributed by atoms with van der Waals surface area (Å²) in [5, 5.41) is 4.73. The molecule has 0 spiro atoms. The van der Waals surface area contributed by atoms with Crippen LogP contribution in [-0.2, 0) is 9.63 Å². The Morgan fingerprint density at radius 3 is 2.47 bits per heavy atom. The van der Waals surface area contributed by atoms with E-state index in [0.29, 0.717) is 6.67 Å². The molecule has 0 aliphatic carbocycles. The first-order valence-corrected chi connectivity index (χ1v) is 6.50. The van der Waals surface area contributed by atoms with Gasteiger partial charge >= 0.3 is 0 Å². The van der Waals surface area contributed by atoms with E-state index in [1.165, 1.54) is 0 Å². The Balaban J connectivity index is 2.87. The van der Waals surface area contributed by atoms with Crippen molar-refractivity contribution in [2.75, 3.05) is 18.8 Å². The molecular formula is C15H23N2O2. The Bertz CT molecular complexity index is 402. The number of carbonyl (C=O) groups is 1. The lowest BCUT2D eigenvalue weighted by Gasteiger charge is -2.33. The van der Waals surface area contributed by atoms with Crippen molar-refractivity contribution in [3.63, 3.8) is 0 Å². The molecule has 1 aromatic rings. The average molecular weight is 263 g/mol. The first-order chi connectivity index (χ1) is 8.88. The summed E-state index contributed by atoms with van der Waals surface area (Å²) in [6, 6.07) is 10.4. The van der Waals surface area contributed by atoms with Crippen molar-refractivity contribution < 1.29 is 9.63 Å². The van der Waals surface area contributed by atoms with Crippen LogP contribution < -0.4 is 10.4 Å². The lowest BCUT2D eigenvalue weighted by atomic mass is 9.94. The molecule has 0 amide bonds. The maximum absolute atomic E-state index is 12.2. The topological polar surface area (TPSA) is 41.6 Å². The van der Waals surface area contributed by atoms with Crippen molar-refractivity contribution in [1.29, 1.82) is 0 Å². The second-order valence-corrected chi connectivity index (χ2v) is 5.27. The van der Waals surface area contributed by atoms with Crippen LogP contribution in [0.15, 0.2) is 24.3 Å². The number of nitrogens with zero attached hydrogens (tertiary/aromatic N) is 1. The van der Waals surface area contributed by atoms with Gasteiger partial charge in [-0.3, -0.25) is 9.63 Å². The summed E-state index contributed by atoms with van der Waals surface area (Å²) in [7, 11) is 1.84. The third-order valence-corrected chi connectivity index (χ3v) is 2.75. The van der Waals surface area contributed by atoms with Crippen LogP contribution in [-0.4, -0.2) is 25.1 Å². The maximum atomic E-state index is 12.2. The third-order valence-electron chi connectivity index (χ3n) is 2.75. The highest BCUT2D eigenvalue weighted by Crippen LogP contribution is 2.22. The fourth-order valence-electron chi connectivity index (χ4n) is 1.88. The van der Waals surface area contributed by atoms with E-state index in [2.05, 4.69) is 11.4 Å². The number of hydrogen-bond donors (Lipinski definition) is 1. The van der Waals surface area contributed by atoms with E-state index in [1.54, 1.807) is 18.9 Å². The fraction of sp³-hybridized carbons (Fsp3) is 0.533. The van der Waals surface area contributed by atoms with E-state index in [1.807, 2.05) is 45.2 Å². The van der Waals surface area contributed by atoms with Gasteiger partial charge in [-0.05, 0) is 39.1 Å². The zero-order valence-electron chi connectivity index (χ0n) is 12.4. The number of hydroxylamine groups is 1. The van der Waals surface area contributed by atoms with Crippen molar-refractivity contribution in [2.45, 2.75) is 33.3 Å². The molecule has 1 N–H and O–H groups in total. The van der Waals surface area contributed by atoms with Gasteiger partial charge in [0.05, 0.1) is 12.4 Å². The van der Waals surface area contributed by atoms with Crippen molar-refractivity contribution in [1.82, 2.24) is 5.32 Å². The van der Waals surface area contributed by atoms with Crippen molar-refractivity contribution in [3.05, 3.63) is 30.3 Å². The molecule has 0 aromatic heterocycles. The quantitative estimate of drug-likeness (QED) is 0.606. The minimum Gasteiger partial charge on any atom is -0.301 e. The SMILES string of the molecule is CNCN(OC(C)(C)C(=O)C(C)C)c1cc[c]cc1. The van der Waals surface area contributed by atoms with Crippen LogP contribution in [0.4, 0.5) is 5.69 Å². The molecule has 0 bridgehead atoms. The number of anilines is 1. The number of carbonyl (C=O) groups excluding carboxylic acids is 1. The predicted octanol–water partition coefficient (Wildman–Crippen LogP) is 2.41. The van der Waals surface area contributed by atoms with Gasteiger partial charge in [0.1, 0.15) is 5.60 Å². The van der Waals surface area contributed by atoms with Crippen LogP contribution >= 0.6 is 0 Å². The molecule has 1 aromatic carbocycles. The lowest BCUT2D eigenvalue weighted by molar-refractivity contribution is -0.145. The van der Waals surface area contributed by atoms with E-state index < -0.39 is 5.60 Å². The zero-order valence-corrected chi connectivity index (χ0v) is 12.4. The first kappa shape index (κ1) is 15.7. The smallest absolute Gasteiger partial charge is 0.169 e. The maximum Gasteiger partial charge on any atom is 0.169 e. The molecule has 105 valence electrons. The molecule has 0 aliphatic rings. The van der Waals surface area contributed by atoms with Crippen LogP contribution in [0.2, 0.25) is 0 Å². The minimum absolute atomic E-state index is 0.0597. The van der Waals surface area contributed by atoms with E-state index >= 15 is 0 Å². The second kappa shape index (κ2) is 6.68. The van der Waals surface area contributed by atoms with E-state index in [-0.39, 0.29) is 11.7 Å². The molecule has 0 atom stereocenters. The monoisotopic (exact) mass is 263 g/mol. The molecule has 0 saturated heterocycles. The van der Waals surface area contributed by atoms with Gasteiger partial charge < -0.3 is 5.32 Å². The second-order valence-electron chi connectivity index (χ2n) is 5.27. The van der Waals surface area contributed by atoms with Crippen LogP contribution in [0.25, 0.3) is 0 Å². The van der Waals surface area contributed by atoms with E-state index in [4.69, 9.17) is 4.84 Å². The Labute approximate surface area is 115 Å². The summed E-state index contributed by atoms with van der Waals surface area (Å²) in [4.78, 5) is 18.1. The molecular weight excluding hydrogens is 240 g/mol. The summed E-state index contributed by atoms with van der Waals surface area (Å²) in [6.07, 6.45) is 0. The minimum atomic E-state index is -0.857. The van der Waals surface area contributed by atoms with Gasteiger partial charge in [0, 0.05) is 5.92 Å². The fourth-order valence-corrected chi connectivity index (χ4v) is 1.88. The highest BCUT2D eigenvalue weighted by atomic mass is 16.7. The molecule has 0 fully saturated rings. The molecule has 19 heavy (non-hydrogen) atoms. The molecule has 0 aliphatic heterocycles. The first-order valence-electron chi connectivity index (χ1n) is 6.50. The van der Waals surface area contributed by atoms with Crippen molar-refractivity contribution in [2.24, 2.45) is 5.92 Å². The lowest BCUT2D eigenvalue weighted by Crippen LogP contribution is -2.46. The number of Topliss-reactive ketones (excluding diaryl/α,β-unsaturated/α-hetero) is 1. The van der Waals surface area contributed by atoms with E-state index in [9.17, 15) is 4.79 Å². The molecule has 4 nitrogen and oxygen atoms in total. The summed E-state index contributed by atoms with van der Waals surface area (Å²) in [5.41, 5.74) is 0.0302. The number of benzene rings is 1. The van der Waals surface area contributed by atoms with Crippen molar-refractivity contribution >= 4 is 11.5 Å². The Hall–Kier alpha value is -1.39. The van der Waals surface area contributed by atoms with Crippen LogP contribution in [0.1, 0.15) is 27.7 Å². The third kappa shape index (κ3) is 4.33. The van der Waals surface area contributed by atoms with Gasteiger partial charge in [0.25, 0.3) is 0 Å². The van der Waals surface area contributed by atoms with Crippen LogP contribution in [0, 0.1) is 12.0 Å². The summed E-state index contributed by atoms with van der Waals surface area (Å²) in [6.45, 7) is 7.86. The Kier molecular flexibility index (Phi) is 5.51. The Morgan fingerprint density at radius 2 is 2.00 bits per heavy atom. The molecule has 1 rings (SSSR count). The highest BCUT2D eigenvalue weighted by molar-refractivity contribution is 5.88. The van der Waals surface area contributed by atoms with E-state index in [0.717, 1.165) is 5.69 Å². The molecule has 4 heteroatoms. The van der Waals surface area contributed by atoms with Gasteiger partial charge in [0.2, 0.25) is 0 Å². The van der Waals surface area contributed by atoms with Gasteiger partial charge in [-0.25, -0.2) is 5.06 Å². The predicted molar refractivity (Wildman–Crippen MR) is 76.7 cm³/mol. The normalized spacial score (nSPS) is 11.7. The highest BCUT2D eigenvalue weighted by Gasteiger charge is 2.33. The largest absolute Gasteiger partial charge is 0.301 e. The summed E-state index contributed by atoms with van der Waals surface area (Å²) >= 11 is 0. The molecule has 1 radical (unpaired) electrons. The number of nitrogens with one attached hydrogen (secondary N) is 1. The summed E-state index contributed by atoms with van der Waals surface area (Å²) < 4.78 is 0. The number of ketones is 1. The summed E-state index contributed by atoms with van der Waals surface area (Å²) in [5.74, 6) is 0.0200.